The molecular formula is C25H47F8NO9Si2. The average molecular weight is 714 g/mol. The number of aliphatic hydroxyl groups excluding tert-OH is 1. The number of amides is 1. The second-order valence-corrected chi connectivity index (χ2v) is 14.9. The number of ether oxygens (including phenoxy) is 1. The summed E-state index contributed by atoms with van der Waals surface area (Å²) in [6.07, 6.45) is -1.41. The first-order valence-corrected chi connectivity index (χ1v) is 18.6. The molecule has 0 bridgehead atoms. The van der Waals surface area contributed by atoms with Crippen LogP contribution in [0.25, 0.3) is 0 Å². The Bertz CT molecular complexity index is 784. The van der Waals surface area contributed by atoms with Gasteiger partial charge in [-0.3, -0.25) is 0 Å². The van der Waals surface area contributed by atoms with E-state index < -0.39 is 60.6 Å². The van der Waals surface area contributed by atoms with E-state index in [1.165, 1.54) is 0 Å². The molecule has 0 aliphatic heterocycles. The molecule has 0 radical (unpaired) electrons. The van der Waals surface area contributed by atoms with Gasteiger partial charge in [-0.05, 0) is 54.4 Å². The van der Waals surface area contributed by atoms with Crippen LogP contribution in [-0.2, 0) is 31.3 Å². The van der Waals surface area contributed by atoms with Gasteiger partial charge in [0.05, 0.1) is 0 Å². The molecule has 0 saturated heterocycles. The van der Waals surface area contributed by atoms with Crippen LogP contribution < -0.4 is 0 Å². The number of carbonyl (C=O) groups excluding carboxylic acids is 1. The van der Waals surface area contributed by atoms with E-state index in [9.17, 15) is 39.9 Å². The van der Waals surface area contributed by atoms with Crippen molar-refractivity contribution in [2.75, 3.05) is 65.9 Å². The molecule has 20 heteroatoms. The van der Waals surface area contributed by atoms with E-state index >= 15 is 0 Å². The van der Waals surface area contributed by atoms with Crippen LogP contribution in [0.15, 0.2) is 0 Å². The predicted octanol–water partition coefficient (Wildman–Crippen LogP) is 5.84. The van der Waals surface area contributed by atoms with Gasteiger partial charge in [0, 0.05) is 64.8 Å². The van der Waals surface area contributed by atoms with E-state index in [2.05, 4.69) is 4.74 Å². The molecule has 0 spiro atoms. The smallest absolute Gasteiger partial charge is 0.443 e. The fourth-order valence-corrected chi connectivity index (χ4v) is 9.35. The summed E-state index contributed by atoms with van der Waals surface area (Å²) < 4.78 is 149. The Morgan fingerprint density at radius 3 is 1.20 bits per heavy atom. The van der Waals surface area contributed by atoms with E-state index in [1.54, 1.807) is 41.5 Å². The minimum absolute atomic E-state index is 0.0968. The first-order chi connectivity index (χ1) is 20.9. The number of carbonyl (C=O) groups is 1. The molecule has 0 aliphatic carbocycles. The zero-order valence-corrected chi connectivity index (χ0v) is 28.6. The third-order valence-electron chi connectivity index (χ3n) is 6.15. The van der Waals surface area contributed by atoms with Crippen molar-refractivity contribution in [2.45, 2.75) is 90.2 Å². The van der Waals surface area contributed by atoms with Crippen molar-refractivity contribution in [3.63, 3.8) is 0 Å². The van der Waals surface area contributed by atoms with Crippen molar-refractivity contribution in [3.05, 3.63) is 0 Å². The molecule has 0 unspecified atom stereocenters. The largest absolute Gasteiger partial charge is 0.500 e. The third-order valence-corrected chi connectivity index (χ3v) is 12.5. The van der Waals surface area contributed by atoms with Crippen LogP contribution in [0.1, 0.15) is 54.4 Å². The van der Waals surface area contributed by atoms with Gasteiger partial charge in [-0.1, -0.05) is 0 Å². The molecule has 0 aromatic heterocycles. The van der Waals surface area contributed by atoms with Crippen molar-refractivity contribution in [3.8, 4) is 0 Å². The van der Waals surface area contributed by atoms with Crippen molar-refractivity contribution in [2.24, 2.45) is 0 Å². The van der Waals surface area contributed by atoms with Crippen LogP contribution in [0, 0.1) is 0 Å². The molecule has 0 heterocycles. The quantitative estimate of drug-likeness (QED) is 0.0876. The first-order valence-electron chi connectivity index (χ1n) is 14.7. The molecule has 0 saturated carbocycles. The van der Waals surface area contributed by atoms with Gasteiger partial charge < -0.3 is 41.3 Å². The molecule has 0 aliphatic rings. The lowest BCUT2D eigenvalue weighted by Gasteiger charge is -2.36. The molecule has 0 atom stereocenters. The van der Waals surface area contributed by atoms with Gasteiger partial charge >= 0.3 is 47.4 Å². The number of hydrogen-bond acceptors (Lipinski definition) is 9. The molecule has 45 heavy (non-hydrogen) atoms. The van der Waals surface area contributed by atoms with Crippen LogP contribution in [0.2, 0.25) is 12.1 Å². The fourth-order valence-electron chi connectivity index (χ4n) is 4.16. The summed E-state index contributed by atoms with van der Waals surface area (Å²) in [5, 5.41) is 8.38. The molecule has 0 aromatic rings. The Morgan fingerprint density at radius 2 is 0.911 bits per heavy atom. The standard InChI is InChI=1S/C25H47F8NO9Si2/c1-7-38-44(39-8-2,40-9-3)17-13-15-34(16-14-18-45(41-10-4,42-11-5)43-12-6)21(36)37-20-23(28,29)25(32,33)24(30,31)22(26,27)19-35/h35H,7-20H2,1-6H3. The van der Waals surface area contributed by atoms with Crippen LogP contribution in [0.5, 0.6) is 0 Å². The number of halogens is 8. The predicted molar refractivity (Wildman–Crippen MR) is 150 cm³/mol. The molecule has 1 amide bonds. The SMILES string of the molecule is CCO[Si](CCCN(CCC[Si](OCC)(OCC)OCC)C(=O)OCC(F)(F)C(F)(F)C(F)(F)C(F)(F)CO)(OCC)OCC. The summed E-state index contributed by atoms with van der Waals surface area (Å²) in [4.78, 5) is 13.7. The zero-order valence-electron chi connectivity index (χ0n) is 26.6. The minimum atomic E-state index is -6.70. The highest BCUT2D eigenvalue weighted by molar-refractivity contribution is 6.61. The fraction of sp³-hybridized carbons (Fsp3) is 0.960. The number of alkyl halides is 8. The average Bonchev–Trinajstić information content (AvgIpc) is 2.95. The molecule has 0 rings (SSSR count). The minimum Gasteiger partial charge on any atom is -0.443 e. The van der Waals surface area contributed by atoms with E-state index in [0.717, 1.165) is 4.90 Å². The van der Waals surface area contributed by atoms with Gasteiger partial charge in [-0.2, -0.15) is 35.1 Å². The van der Waals surface area contributed by atoms with Gasteiger partial charge in [0.15, 0.2) is 6.61 Å². The van der Waals surface area contributed by atoms with Crippen molar-refractivity contribution < 1.29 is 76.3 Å². The van der Waals surface area contributed by atoms with E-state index in [0.29, 0.717) is 0 Å². The molecule has 0 fully saturated rings. The van der Waals surface area contributed by atoms with E-state index in [1.807, 2.05) is 0 Å². The Morgan fingerprint density at radius 1 is 0.600 bits per heavy atom. The summed E-state index contributed by atoms with van der Waals surface area (Å²) in [6, 6.07) is 0.303. The maximum absolute atomic E-state index is 14.3. The Balaban J connectivity index is 6.02. The summed E-state index contributed by atoms with van der Waals surface area (Å²) in [7, 11) is -6.46. The van der Waals surface area contributed by atoms with Gasteiger partial charge in [0.25, 0.3) is 0 Å². The zero-order chi connectivity index (χ0) is 35.0. The second-order valence-electron chi connectivity index (χ2n) is 9.43. The van der Waals surface area contributed by atoms with Crippen molar-refractivity contribution in [1.29, 1.82) is 0 Å². The van der Waals surface area contributed by atoms with Crippen LogP contribution in [-0.4, -0.2) is 123 Å². The number of nitrogens with zero attached hydrogens (tertiary/aromatic N) is 1. The van der Waals surface area contributed by atoms with Gasteiger partial charge in [0.2, 0.25) is 0 Å². The summed E-state index contributed by atoms with van der Waals surface area (Å²) in [5.74, 6) is -25.2. The van der Waals surface area contributed by atoms with Gasteiger partial charge in [0.1, 0.15) is 6.61 Å². The lowest BCUT2D eigenvalue weighted by molar-refractivity contribution is -0.373. The second kappa shape index (κ2) is 19.6. The Labute approximate surface area is 261 Å². The highest BCUT2D eigenvalue weighted by atomic mass is 28.4. The Kier molecular flexibility index (Phi) is 19.1. The monoisotopic (exact) mass is 713 g/mol. The highest BCUT2D eigenvalue weighted by Gasteiger charge is 2.80. The first kappa shape index (κ1) is 43.9. The van der Waals surface area contributed by atoms with Crippen molar-refractivity contribution in [1.82, 2.24) is 4.90 Å². The molecule has 10 nitrogen and oxygen atoms in total. The topological polar surface area (TPSA) is 105 Å². The summed E-state index contributed by atoms with van der Waals surface area (Å²) >= 11 is 0. The van der Waals surface area contributed by atoms with Gasteiger partial charge in [-0.15, -0.1) is 0 Å². The molecular weight excluding hydrogens is 666 g/mol. The van der Waals surface area contributed by atoms with E-state index in [4.69, 9.17) is 31.7 Å². The molecule has 1 N–H and O–H groups in total. The van der Waals surface area contributed by atoms with Crippen molar-refractivity contribution >= 4 is 23.7 Å². The Hall–Kier alpha value is -1.14. The highest BCUT2D eigenvalue weighted by Crippen LogP contribution is 2.52. The molecule has 0 aromatic carbocycles. The number of rotatable bonds is 26. The third kappa shape index (κ3) is 12.1. The maximum atomic E-state index is 14.3. The number of hydrogen-bond donors (Lipinski definition) is 1. The van der Waals surface area contributed by atoms with Crippen LogP contribution in [0.4, 0.5) is 39.9 Å². The normalized spacial score (nSPS) is 13.8. The maximum Gasteiger partial charge on any atom is 0.500 e. The number of aliphatic hydroxyl groups is 1. The van der Waals surface area contributed by atoms with Crippen LogP contribution >= 0.6 is 0 Å². The van der Waals surface area contributed by atoms with Gasteiger partial charge in [-0.25, -0.2) is 4.79 Å². The molecule has 270 valence electrons. The lowest BCUT2D eigenvalue weighted by Crippen LogP contribution is -2.64. The summed E-state index contributed by atoms with van der Waals surface area (Å²) in [6.45, 7) is 5.76. The van der Waals surface area contributed by atoms with E-state index in [-0.39, 0.29) is 77.7 Å². The lowest BCUT2D eigenvalue weighted by atomic mass is 9.99. The van der Waals surface area contributed by atoms with Crippen LogP contribution in [0.3, 0.4) is 0 Å². The summed E-state index contributed by atoms with van der Waals surface area (Å²) in [5.41, 5.74) is 0.